The second-order valence-electron chi connectivity index (χ2n) is 4.15. The van der Waals surface area contributed by atoms with Gasteiger partial charge in [-0.05, 0) is 25.5 Å². The van der Waals surface area contributed by atoms with Crippen LogP contribution in [0, 0.1) is 6.92 Å². The second kappa shape index (κ2) is 7.09. The van der Waals surface area contributed by atoms with Crippen LogP contribution in [0.15, 0.2) is 12.1 Å². The fourth-order valence-electron chi connectivity index (χ4n) is 1.56. The monoisotopic (exact) mass is 220 g/mol. The first kappa shape index (κ1) is 12.8. The summed E-state index contributed by atoms with van der Waals surface area (Å²) in [6, 6.07) is 3.59. The number of carbonyl (C=O) groups is 1. The molecular weight excluding hydrogens is 200 g/mol. The number of rotatable bonds is 7. The predicted octanol–water partition coefficient (Wildman–Crippen LogP) is 3.33. The Hall–Kier alpha value is -1.25. The van der Waals surface area contributed by atoms with Gasteiger partial charge < -0.3 is 0 Å². The molecule has 1 rings (SSSR count). The Morgan fingerprint density at radius 2 is 1.88 bits per heavy atom. The maximum absolute atomic E-state index is 11.7. The van der Waals surface area contributed by atoms with Crippen molar-refractivity contribution >= 4 is 5.78 Å². The lowest BCUT2D eigenvalue weighted by molar-refractivity contribution is 0.0973. The van der Waals surface area contributed by atoms with E-state index in [1.54, 1.807) is 6.07 Å². The molecule has 0 unspecified atom stereocenters. The molecule has 0 amide bonds. The number of carbonyl (C=O) groups excluding carboxylic acids is 1. The lowest BCUT2D eigenvalue weighted by Crippen LogP contribution is -2.03. The molecule has 1 heterocycles. The largest absolute Gasteiger partial charge is 0.292 e. The van der Waals surface area contributed by atoms with Gasteiger partial charge in [0.05, 0.1) is 5.69 Å². The highest BCUT2D eigenvalue weighted by atomic mass is 16.1. The number of Topliss-reactive ketones (excluding diaryl/α,β-unsaturated/α-hetero) is 1. The van der Waals surface area contributed by atoms with Crippen molar-refractivity contribution in [3.63, 3.8) is 0 Å². The van der Waals surface area contributed by atoms with Gasteiger partial charge in [-0.1, -0.05) is 32.6 Å². The van der Waals surface area contributed by atoms with Crippen molar-refractivity contribution in [1.29, 1.82) is 0 Å². The number of nitrogens with zero attached hydrogens (tertiary/aromatic N) is 2. The summed E-state index contributed by atoms with van der Waals surface area (Å²) in [5.74, 6) is 0.115. The normalized spacial score (nSPS) is 10.4. The van der Waals surface area contributed by atoms with Crippen LogP contribution in [-0.4, -0.2) is 16.0 Å². The van der Waals surface area contributed by atoms with E-state index in [0.717, 1.165) is 18.5 Å². The van der Waals surface area contributed by atoms with Crippen molar-refractivity contribution in [3.05, 3.63) is 23.5 Å². The van der Waals surface area contributed by atoms with E-state index in [4.69, 9.17) is 0 Å². The van der Waals surface area contributed by atoms with Gasteiger partial charge in [0.2, 0.25) is 0 Å². The van der Waals surface area contributed by atoms with Crippen LogP contribution >= 0.6 is 0 Å². The molecule has 0 spiro atoms. The van der Waals surface area contributed by atoms with Gasteiger partial charge in [-0.3, -0.25) is 4.79 Å². The molecule has 0 atom stereocenters. The van der Waals surface area contributed by atoms with E-state index in [9.17, 15) is 4.79 Å². The van der Waals surface area contributed by atoms with E-state index in [1.165, 1.54) is 19.3 Å². The van der Waals surface area contributed by atoms with Crippen LogP contribution < -0.4 is 0 Å². The molecule has 3 heteroatoms. The first-order chi connectivity index (χ1) is 7.74. The molecule has 1 aromatic heterocycles. The topological polar surface area (TPSA) is 42.9 Å². The fourth-order valence-corrected chi connectivity index (χ4v) is 1.56. The van der Waals surface area contributed by atoms with Gasteiger partial charge in [-0.2, -0.15) is 5.10 Å². The molecule has 0 aromatic carbocycles. The molecule has 0 bridgehead atoms. The summed E-state index contributed by atoms with van der Waals surface area (Å²) >= 11 is 0. The van der Waals surface area contributed by atoms with Crippen molar-refractivity contribution in [2.75, 3.05) is 0 Å². The lowest BCUT2D eigenvalue weighted by Gasteiger charge is -2.00. The van der Waals surface area contributed by atoms with Crippen LogP contribution in [0.25, 0.3) is 0 Å². The van der Waals surface area contributed by atoms with E-state index in [1.807, 2.05) is 13.0 Å². The van der Waals surface area contributed by atoms with Crippen molar-refractivity contribution < 1.29 is 4.79 Å². The Labute approximate surface area is 97.3 Å². The summed E-state index contributed by atoms with van der Waals surface area (Å²) in [5.41, 5.74) is 1.35. The molecule has 16 heavy (non-hydrogen) atoms. The van der Waals surface area contributed by atoms with E-state index in [2.05, 4.69) is 17.1 Å². The second-order valence-corrected chi connectivity index (χ2v) is 4.15. The Balaban J connectivity index is 2.27. The van der Waals surface area contributed by atoms with E-state index in [0.29, 0.717) is 12.1 Å². The Kier molecular flexibility index (Phi) is 5.68. The third-order valence-corrected chi connectivity index (χ3v) is 2.59. The molecule has 0 fully saturated rings. The maximum Gasteiger partial charge on any atom is 0.183 e. The molecule has 0 saturated heterocycles. The Morgan fingerprint density at radius 1 is 1.12 bits per heavy atom. The van der Waals surface area contributed by atoms with Gasteiger partial charge >= 0.3 is 0 Å². The molecule has 0 aliphatic carbocycles. The van der Waals surface area contributed by atoms with Gasteiger partial charge in [0.1, 0.15) is 5.69 Å². The first-order valence-corrected chi connectivity index (χ1v) is 6.07. The minimum atomic E-state index is 0.115. The standard InChI is InChI=1S/C13H20N2O/c1-3-4-5-6-7-8-13(16)12-10-9-11(2)14-15-12/h9-10H,3-8H2,1-2H3. The summed E-state index contributed by atoms with van der Waals surface area (Å²) in [6.45, 7) is 4.05. The first-order valence-electron chi connectivity index (χ1n) is 6.07. The van der Waals surface area contributed by atoms with Crippen LogP contribution in [-0.2, 0) is 0 Å². The third-order valence-electron chi connectivity index (χ3n) is 2.59. The third kappa shape index (κ3) is 4.51. The zero-order valence-electron chi connectivity index (χ0n) is 10.2. The summed E-state index contributed by atoms with van der Waals surface area (Å²) in [5, 5.41) is 7.78. The predicted molar refractivity (Wildman–Crippen MR) is 64.5 cm³/mol. The molecule has 0 radical (unpaired) electrons. The fraction of sp³-hybridized carbons (Fsp3) is 0.615. The van der Waals surface area contributed by atoms with E-state index < -0.39 is 0 Å². The van der Waals surface area contributed by atoms with Gasteiger partial charge in [-0.15, -0.1) is 5.10 Å². The smallest absolute Gasteiger partial charge is 0.183 e. The van der Waals surface area contributed by atoms with Gasteiger partial charge in [0.25, 0.3) is 0 Å². The Morgan fingerprint density at radius 3 is 2.50 bits per heavy atom. The number of unbranched alkanes of at least 4 members (excludes halogenated alkanes) is 4. The van der Waals surface area contributed by atoms with Gasteiger partial charge in [-0.25, -0.2) is 0 Å². The summed E-state index contributed by atoms with van der Waals surface area (Å²) in [4.78, 5) is 11.7. The SMILES string of the molecule is CCCCCCCC(=O)c1ccc(C)nn1. The molecule has 88 valence electrons. The number of aromatic nitrogens is 2. The zero-order valence-corrected chi connectivity index (χ0v) is 10.2. The van der Waals surface area contributed by atoms with Gasteiger partial charge in [0.15, 0.2) is 5.78 Å². The quantitative estimate of drug-likeness (QED) is 0.523. The van der Waals surface area contributed by atoms with E-state index >= 15 is 0 Å². The van der Waals surface area contributed by atoms with Crippen molar-refractivity contribution in [2.45, 2.75) is 52.4 Å². The molecule has 0 N–H and O–H groups in total. The van der Waals surface area contributed by atoms with Crippen molar-refractivity contribution in [3.8, 4) is 0 Å². The van der Waals surface area contributed by atoms with Crippen LogP contribution in [0.5, 0.6) is 0 Å². The summed E-state index contributed by atoms with van der Waals surface area (Å²) in [6.07, 6.45) is 6.42. The van der Waals surface area contributed by atoms with Gasteiger partial charge in [0, 0.05) is 6.42 Å². The highest BCUT2D eigenvalue weighted by Gasteiger charge is 2.06. The minimum absolute atomic E-state index is 0.115. The molecule has 0 saturated carbocycles. The molecule has 0 aliphatic heterocycles. The minimum Gasteiger partial charge on any atom is -0.292 e. The van der Waals surface area contributed by atoms with Crippen molar-refractivity contribution in [1.82, 2.24) is 10.2 Å². The van der Waals surface area contributed by atoms with E-state index in [-0.39, 0.29) is 5.78 Å². The lowest BCUT2D eigenvalue weighted by atomic mass is 10.1. The van der Waals surface area contributed by atoms with Crippen LogP contribution in [0.2, 0.25) is 0 Å². The number of hydrogen-bond donors (Lipinski definition) is 0. The summed E-state index contributed by atoms with van der Waals surface area (Å²) in [7, 11) is 0. The molecular formula is C13H20N2O. The maximum atomic E-state index is 11.7. The molecule has 1 aromatic rings. The number of ketones is 1. The van der Waals surface area contributed by atoms with Crippen LogP contribution in [0.4, 0.5) is 0 Å². The highest BCUT2D eigenvalue weighted by Crippen LogP contribution is 2.08. The van der Waals surface area contributed by atoms with Crippen LogP contribution in [0.1, 0.15) is 61.6 Å². The average Bonchev–Trinajstić information content (AvgIpc) is 2.29. The molecule has 0 aliphatic rings. The van der Waals surface area contributed by atoms with Crippen LogP contribution in [0.3, 0.4) is 0 Å². The average molecular weight is 220 g/mol. The number of aryl methyl sites for hydroxylation is 1. The van der Waals surface area contributed by atoms with Crippen molar-refractivity contribution in [2.24, 2.45) is 0 Å². The molecule has 3 nitrogen and oxygen atoms in total. The summed E-state index contributed by atoms with van der Waals surface area (Å²) < 4.78 is 0. The highest BCUT2D eigenvalue weighted by molar-refractivity contribution is 5.93. The Bertz CT molecular complexity index is 319. The zero-order chi connectivity index (χ0) is 11.8. The number of hydrogen-bond acceptors (Lipinski definition) is 3.